The molecule has 1 aliphatic heterocycles. The Bertz CT molecular complexity index is 1570. The summed E-state index contributed by atoms with van der Waals surface area (Å²) in [6.45, 7) is 5.58. The highest BCUT2D eigenvalue weighted by Crippen LogP contribution is 2.26. The first-order valence-corrected chi connectivity index (χ1v) is 29.6. The monoisotopic (exact) mass is 1040 g/mol. The maximum Gasteiger partial charge on any atom is 0.306 e. The van der Waals surface area contributed by atoms with E-state index in [-0.39, 0.29) is 19.4 Å². The van der Waals surface area contributed by atoms with Crippen molar-refractivity contribution in [1.29, 1.82) is 0 Å². The number of hydrogen-bond acceptors (Lipinski definition) is 10. The van der Waals surface area contributed by atoms with Crippen LogP contribution in [0.1, 0.15) is 226 Å². The number of carbonyl (C=O) groups is 2. The summed E-state index contributed by atoms with van der Waals surface area (Å²) in [5.74, 6) is -1.24. The summed E-state index contributed by atoms with van der Waals surface area (Å²) < 4.78 is 17.6. The number of esters is 1. The average molecular weight is 1040 g/mol. The summed E-state index contributed by atoms with van der Waals surface area (Å²) in [5, 5.41) is 56.9. The van der Waals surface area contributed by atoms with Gasteiger partial charge in [-0.1, -0.05) is 234 Å². The van der Waals surface area contributed by atoms with Gasteiger partial charge < -0.3 is 45.1 Å². The second kappa shape index (κ2) is 50.4. The topological polar surface area (TPSA) is 175 Å². The summed E-state index contributed by atoms with van der Waals surface area (Å²) in [7, 11) is 0. The van der Waals surface area contributed by atoms with E-state index >= 15 is 0 Å². The number of rotatable bonds is 48. The number of aliphatic hydroxyl groups is 5. The minimum atomic E-state index is -1.63. The van der Waals surface area contributed by atoms with Crippen LogP contribution in [0.5, 0.6) is 0 Å². The van der Waals surface area contributed by atoms with E-state index in [2.05, 4.69) is 74.7 Å². The van der Waals surface area contributed by atoms with E-state index in [0.29, 0.717) is 12.8 Å². The molecule has 0 aromatic carbocycles. The molecule has 11 nitrogen and oxygen atoms in total. The van der Waals surface area contributed by atoms with Crippen molar-refractivity contribution in [2.75, 3.05) is 13.2 Å². The van der Waals surface area contributed by atoms with Crippen molar-refractivity contribution in [3.05, 3.63) is 97.2 Å². The van der Waals surface area contributed by atoms with Crippen molar-refractivity contribution in [3.8, 4) is 0 Å². The quantitative estimate of drug-likeness (QED) is 0.0149. The fourth-order valence-electron chi connectivity index (χ4n) is 8.61. The Labute approximate surface area is 450 Å². The molecular weight excluding hydrogens is 931 g/mol. The zero-order valence-corrected chi connectivity index (χ0v) is 46.7. The highest BCUT2D eigenvalue weighted by atomic mass is 16.7. The fourth-order valence-corrected chi connectivity index (χ4v) is 8.61. The summed E-state index contributed by atoms with van der Waals surface area (Å²) >= 11 is 0. The van der Waals surface area contributed by atoms with Gasteiger partial charge in [0.05, 0.1) is 25.4 Å². The van der Waals surface area contributed by atoms with Gasteiger partial charge in [0.2, 0.25) is 5.91 Å². The lowest BCUT2D eigenvalue weighted by Crippen LogP contribution is -2.61. The number of ether oxygens (including phenoxy) is 3. The van der Waals surface area contributed by atoms with Gasteiger partial charge in [0, 0.05) is 6.42 Å². The molecule has 6 N–H and O–H groups in total. The van der Waals surface area contributed by atoms with Crippen molar-refractivity contribution in [2.24, 2.45) is 0 Å². The first-order valence-electron chi connectivity index (χ1n) is 29.6. The Morgan fingerprint density at radius 3 is 1.61 bits per heavy atom. The molecule has 0 aromatic heterocycles. The van der Waals surface area contributed by atoms with Crippen LogP contribution in [-0.2, 0) is 23.8 Å². The molecule has 1 saturated heterocycles. The SMILES string of the molecule is CC/C=C/C=C/C=C/C=C\CCCCCCCC(=O)OC1C(OCC(NC(=O)C(O)CCCCCCC/C=C\C/C=C\C/C=C\CCCCC)C(O)/C=C/CCCCCCCCCCCC)OC(CO)C(O)C1O. The first-order chi connectivity index (χ1) is 36.2. The summed E-state index contributed by atoms with van der Waals surface area (Å²) in [6.07, 6.45) is 55.8. The molecule has 0 saturated carbocycles. The maximum atomic E-state index is 13.4. The Kier molecular flexibility index (Phi) is 46.7. The molecule has 0 bridgehead atoms. The first kappa shape index (κ1) is 68.6. The summed E-state index contributed by atoms with van der Waals surface area (Å²) in [4.78, 5) is 26.5. The molecule has 11 heteroatoms. The van der Waals surface area contributed by atoms with Gasteiger partial charge in [-0.3, -0.25) is 9.59 Å². The van der Waals surface area contributed by atoms with Gasteiger partial charge in [0.25, 0.3) is 0 Å². The highest BCUT2D eigenvalue weighted by molar-refractivity contribution is 5.80. The van der Waals surface area contributed by atoms with Crippen molar-refractivity contribution < 1.29 is 49.3 Å². The number of nitrogens with one attached hydrogen (secondary N) is 1. The number of amides is 1. The maximum absolute atomic E-state index is 13.4. The normalized spacial score (nSPS) is 20.0. The van der Waals surface area contributed by atoms with Crippen LogP contribution in [0.3, 0.4) is 0 Å². The van der Waals surface area contributed by atoms with Crippen LogP contribution in [0.25, 0.3) is 0 Å². The summed E-state index contributed by atoms with van der Waals surface area (Å²) in [5.41, 5.74) is 0. The number of carbonyl (C=O) groups excluding carboxylic acids is 2. The van der Waals surface area contributed by atoms with E-state index in [0.717, 1.165) is 109 Å². The molecule has 74 heavy (non-hydrogen) atoms. The highest BCUT2D eigenvalue weighted by Gasteiger charge is 2.47. The summed E-state index contributed by atoms with van der Waals surface area (Å²) in [6, 6.07) is -1.04. The average Bonchev–Trinajstić information content (AvgIpc) is 3.40. The van der Waals surface area contributed by atoms with Crippen LogP contribution in [0.15, 0.2) is 97.2 Å². The molecule has 424 valence electrons. The number of unbranched alkanes of at least 4 members (excludes halogenated alkanes) is 23. The molecular formula is C63H107NO10. The Morgan fingerprint density at radius 1 is 0.554 bits per heavy atom. The van der Waals surface area contributed by atoms with E-state index in [1.165, 1.54) is 70.6 Å². The number of aliphatic hydroxyl groups excluding tert-OH is 5. The molecule has 0 aliphatic carbocycles. The van der Waals surface area contributed by atoms with Gasteiger partial charge in [-0.15, -0.1) is 0 Å². The zero-order valence-electron chi connectivity index (χ0n) is 46.7. The van der Waals surface area contributed by atoms with Crippen LogP contribution in [0, 0.1) is 0 Å². The molecule has 8 atom stereocenters. The van der Waals surface area contributed by atoms with E-state index in [9.17, 15) is 35.1 Å². The predicted octanol–water partition coefficient (Wildman–Crippen LogP) is 13.6. The minimum absolute atomic E-state index is 0.0908. The molecule has 0 spiro atoms. The predicted molar refractivity (Wildman–Crippen MR) is 305 cm³/mol. The van der Waals surface area contributed by atoms with E-state index in [1.807, 2.05) is 42.5 Å². The standard InChI is InChI=1S/C63H107NO10/c1-4-7-10-13-16-19-22-25-27-28-29-31-32-35-38-41-44-47-50-56(67)62(71)64-54(55(66)49-46-43-40-37-34-24-21-18-15-12-9-6-3)53-72-63-61(60(70)59(69)57(52-65)73-63)74-58(68)51-48-45-42-39-36-33-30-26-23-20-17-14-11-8-5-2/h8,11,14,16-17,19-20,23,25-27,29-31,46,49,54-57,59-61,63,65-67,69-70H,4-7,9-10,12-13,15,18,21-22,24,28,32-45,47-48,50-53H2,1-3H3,(H,64,71)/b11-8+,17-14+,19-16-,23-20+,27-25-,30-26-,31-29-,49-46+. The molecule has 1 fully saturated rings. The Hall–Kier alpha value is -3.42. The zero-order chi connectivity index (χ0) is 54.0. The van der Waals surface area contributed by atoms with Crippen molar-refractivity contribution in [2.45, 2.75) is 275 Å². The van der Waals surface area contributed by atoms with Gasteiger partial charge in [0.15, 0.2) is 12.4 Å². The molecule has 1 amide bonds. The second-order valence-electron chi connectivity index (χ2n) is 20.1. The third-order valence-electron chi connectivity index (χ3n) is 13.3. The van der Waals surface area contributed by atoms with Crippen LogP contribution < -0.4 is 5.32 Å². The van der Waals surface area contributed by atoms with Crippen LogP contribution in [0.4, 0.5) is 0 Å². The molecule has 1 rings (SSSR count). The van der Waals surface area contributed by atoms with Gasteiger partial charge in [0.1, 0.15) is 24.4 Å². The molecule has 1 aliphatic rings. The second-order valence-corrected chi connectivity index (χ2v) is 20.1. The third-order valence-corrected chi connectivity index (χ3v) is 13.3. The van der Waals surface area contributed by atoms with Crippen LogP contribution >= 0.6 is 0 Å². The van der Waals surface area contributed by atoms with Gasteiger partial charge in [-0.05, 0) is 83.5 Å². The van der Waals surface area contributed by atoms with Crippen molar-refractivity contribution in [3.63, 3.8) is 0 Å². The lowest BCUT2D eigenvalue weighted by molar-refractivity contribution is -0.305. The van der Waals surface area contributed by atoms with E-state index in [4.69, 9.17) is 14.2 Å². The molecule has 8 unspecified atom stereocenters. The lowest BCUT2D eigenvalue weighted by Gasteiger charge is -2.41. The van der Waals surface area contributed by atoms with Crippen LogP contribution in [0.2, 0.25) is 0 Å². The van der Waals surface area contributed by atoms with Crippen molar-refractivity contribution >= 4 is 11.9 Å². The van der Waals surface area contributed by atoms with Crippen LogP contribution in [-0.4, -0.2) is 99.6 Å². The van der Waals surface area contributed by atoms with Gasteiger partial charge >= 0.3 is 5.97 Å². The number of hydrogen-bond donors (Lipinski definition) is 6. The largest absolute Gasteiger partial charge is 0.454 e. The number of allylic oxidation sites excluding steroid dienone is 15. The molecule has 1 heterocycles. The van der Waals surface area contributed by atoms with E-state index in [1.54, 1.807) is 6.08 Å². The molecule has 0 radical (unpaired) electrons. The Morgan fingerprint density at radius 2 is 1.03 bits per heavy atom. The fraction of sp³-hybridized carbons (Fsp3) is 0.714. The van der Waals surface area contributed by atoms with Crippen molar-refractivity contribution in [1.82, 2.24) is 5.32 Å². The molecule has 0 aromatic rings. The van der Waals surface area contributed by atoms with Gasteiger partial charge in [-0.2, -0.15) is 0 Å². The smallest absolute Gasteiger partial charge is 0.306 e. The van der Waals surface area contributed by atoms with Gasteiger partial charge in [-0.25, -0.2) is 0 Å². The Balaban J connectivity index is 2.74. The third kappa shape index (κ3) is 38.2. The van der Waals surface area contributed by atoms with E-state index < -0.39 is 67.4 Å². The lowest BCUT2D eigenvalue weighted by atomic mass is 9.99. The minimum Gasteiger partial charge on any atom is -0.454 e.